The highest BCUT2D eigenvalue weighted by atomic mass is 16.6. The molecule has 178 valence electrons. The maximum Gasteiger partial charge on any atom is 0.251 e. The van der Waals surface area contributed by atoms with Gasteiger partial charge in [0.25, 0.3) is 5.91 Å². The minimum atomic E-state index is -0.000876. The first-order chi connectivity index (χ1) is 15.7. The zero-order chi connectivity index (χ0) is 22.2. The molecule has 1 aromatic carbocycles. The topological polar surface area (TPSA) is 66.5 Å². The van der Waals surface area contributed by atoms with Gasteiger partial charge in [0, 0.05) is 63.1 Å². The Labute approximate surface area is 191 Å². The number of amides is 1. The van der Waals surface area contributed by atoms with E-state index in [1.807, 2.05) is 12.1 Å². The van der Waals surface area contributed by atoms with Gasteiger partial charge in [0.2, 0.25) is 0 Å². The molecule has 0 aromatic heterocycles. The molecule has 32 heavy (non-hydrogen) atoms. The van der Waals surface area contributed by atoms with Crippen molar-refractivity contribution >= 4 is 11.6 Å². The first kappa shape index (κ1) is 23.4. The number of benzene rings is 1. The standard InChI is InChI=1S/C24H38N4O4/c1-26(18-23-19-31-16-17-32-23)21-6-9-28(10-7-21)22-4-2-20(3-5-22)24(29)25-8-11-27-12-14-30-15-13-27/h2-5,21,23H,6-19H2,1H3,(H,25,29). The highest BCUT2D eigenvalue weighted by molar-refractivity contribution is 5.94. The first-order valence-electron chi connectivity index (χ1n) is 12.0. The second kappa shape index (κ2) is 12.0. The molecule has 3 aliphatic heterocycles. The van der Waals surface area contributed by atoms with Gasteiger partial charge < -0.3 is 29.3 Å². The van der Waals surface area contributed by atoms with Crippen molar-refractivity contribution in [3.05, 3.63) is 29.8 Å². The molecule has 0 bridgehead atoms. The minimum absolute atomic E-state index is 0.000876. The summed E-state index contributed by atoms with van der Waals surface area (Å²) in [7, 11) is 2.20. The van der Waals surface area contributed by atoms with Gasteiger partial charge in [-0.05, 0) is 44.2 Å². The number of ether oxygens (including phenoxy) is 3. The number of anilines is 1. The Morgan fingerprint density at radius 3 is 2.47 bits per heavy atom. The summed E-state index contributed by atoms with van der Waals surface area (Å²) in [6, 6.07) is 8.62. The average Bonchev–Trinajstić information content (AvgIpc) is 2.85. The Balaban J connectivity index is 1.18. The van der Waals surface area contributed by atoms with Crippen molar-refractivity contribution in [1.29, 1.82) is 0 Å². The lowest BCUT2D eigenvalue weighted by molar-refractivity contribution is -0.0989. The van der Waals surface area contributed by atoms with Gasteiger partial charge in [-0.2, -0.15) is 0 Å². The van der Waals surface area contributed by atoms with Gasteiger partial charge in [-0.3, -0.25) is 9.69 Å². The number of carbonyl (C=O) groups excluding carboxylic acids is 1. The van der Waals surface area contributed by atoms with Crippen LogP contribution in [0.2, 0.25) is 0 Å². The van der Waals surface area contributed by atoms with Gasteiger partial charge in [0.05, 0.1) is 39.1 Å². The van der Waals surface area contributed by atoms with Crippen molar-refractivity contribution in [2.24, 2.45) is 0 Å². The van der Waals surface area contributed by atoms with Gasteiger partial charge in [0.15, 0.2) is 0 Å². The number of carbonyl (C=O) groups is 1. The van der Waals surface area contributed by atoms with Gasteiger partial charge in [-0.25, -0.2) is 0 Å². The van der Waals surface area contributed by atoms with Crippen molar-refractivity contribution in [2.75, 3.05) is 90.8 Å². The van der Waals surface area contributed by atoms with Gasteiger partial charge in [0.1, 0.15) is 0 Å². The largest absolute Gasteiger partial charge is 0.379 e. The highest BCUT2D eigenvalue weighted by Crippen LogP contribution is 2.23. The van der Waals surface area contributed by atoms with Crippen LogP contribution in [0.4, 0.5) is 5.69 Å². The molecule has 1 unspecified atom stereocenters. The van der Waals surface area contributed by atoms with E-state index in [4.69, 9.17) is 14.2 Å². The molecule has 0 spiro atoms. The third kappa shape index (κ3) is 6.65. The van der Waals surface area contributed by atoms with E-state index in [0.717, 1.165) is 70.9 Å². The Hall–Kier alpha value is -1.71. The summed E-state index contributed by atoms with van der Waals surface area (Å²) < 4.78 is 16.7. The molecule has 1 atom stereocenters. The van der Waals surface area contributed by atoms with Crippen LogP contribution < -0.4 is 10.2 Å². The lowest BCUT2D eigenvalue weighted by atomic mass is 10.0. The van der Waals surface area contributed by atoms with E-state index in [0.29, 0.717) is 32.4 Å². The normalized spacial score (nSPS) is 23.4. The van der Waals surface area contributed by atoms with Crippen LogP contribution in [0.25, 0.3) is 0 Å². The molecule has 3 heterocycles. The summed E-state index contributed by atoms with van der Waals surface area (Å²) in [5.74, 6) is -0.000876. The molecule has 0 radical (unpaired) electrons. The molecule has 3 aliphatic rings. The fraction of sp³-hybridized carbons (Fsp3) is 0.708. The predicted octanol–water partition coefficient (Wildman–Crippen LogP) is 1.06. The molecule has 8 heteroatoms. The van der Waals surface area contributed by atoms with Crippen LogP contribution in [0.3, 0.4) is 0 Å². The SMILES string of the molecule is CN(CC1COCCO1)C1CCN(c2ccc(C(=O)NCCN3CCOCC3)cc2)CC1. The Kier molecular flexibility index (Phi) is 8.76. The number of hydrogen-bond donors (Lipinski definition) is 1. The highest BCUT2D eigenvalue weighted by Gasteiger charge is 2.25. The molecule has 0 saturated carbocycles. The lowest BCUT2D eigenvalue weighted by Crippen LogP contribution is -2.47. The van der Waals surface area contributed by atoms with E-state index in [2.05, 4.69) is 39.2 Å². The maximum atomic E-state index is 12.5. The van der Waals surface area contributed by atoms with E-state index in [-0.39, 0.29) is 12.0 Å². The van der Waals surface area contributed by atoms with Gasteiger partial charge in [-0.1, -0.05) is 0 Å². The van der Waals surface area contributed by atoms with E-state index < -0.39 is 0 Å². The maximum absolute atomic E-state index is 12.5. The molecule has 1 amide bonds. The molecule has 1 N–H and O–H groups in total. The summed E-state index contributed by atoms with van der Waals surface area (Å²) >= 11 is 0. The number of nitrogens with zero attached hydrogens (tertiary/aromatic N) is 3. The molecule has 4 rings (SSSR count). The third-order valence-corrected chi connectivity index (χ3v) is 6.78. The lowest BCUT2D eigenvalue weighted by Gasteiger charge is -2.39. The van der Waals surface area contributed by atoms with Crippen LogP contribution in [0.1, 0.15) is 23.2 Å². The van der Waals surface area contributed by atoms with Gasteiger partial charge in [-0.15, -0.1) is 0 Å². The van der Waals surface area contributed by atoms with Crippen molar-refractivity contribution in [3.63, 3.8) is 0 Å². The summed E-state index contributed by atoms with van der Waals surface area (Å²) in [6.45, 7) is 10.1. The third-order valence-electron chi connectivity index (χ3n) is 6.78. The number of nitrogens with one attached hydrogen (secondary N) is 1. The fourth-order valence-electron chi connectivity index (χ4n) is 4.76. The van der Waals surface area contributed by atoms with Crippen LogP contribution in [-0.4, -0.2) is 114 Å². The van der Waals surface area contributed by atoms with Crippen LogP contribution in [0, 0.1) is 0 Å². The average molecular weight is 447 g/mol. The summed E-state index contributed by atoms with van der Waals surface area (Å²) in [6.07, 6.45) is 2.46. The quantitative estimate of drug-likeness (QED) is 0.641. The number of piperidine rings is 1. The number of likely N-dealkylation sites (N-methyl/N-ethyl adjacent to an activating group) is 1. The Morgan fingerprint density at radius 1 is 1.03 bits per heavy atom. The second-order valence-corrected chi connectivity index (χ2v) is 8.98. The Morgan fingerprint density at radius 2 is 1.78 bits per heavy atom. The van der Waals surface area contributed by atoms with Crippen molar-refractivity contribution in [3.8, 4) is 0 Å². The monoisotopic (exact) mass is 446 g/mol. The van der Waals surface area contributed by atoms with Crippen molar-refractivity contribution in [1.82, 2.24) is 15.1 Å². The molecule has 1 aromatic rings. The smallest absolute Gasteiger partial charge is 0.251 e. The molecule has 8 nitrogen and oxygen atoms in total. The van der Waals surface area contributed by atoms with Crippen LogP contribution in [0.5, 0.6) is 0 Å². The zero-order valence-electron chi connectivity index (χ0n) is 19.3. The first-order valence-corrected chi connectivity index (χ1v) is 12.0. The molecule has 3 saturated heterocycles. The number of rotatable bonds is 8. The van der Waals surface area contributed by atoms with E-state index in [1.165, 1.54) is 5.69 Å². The summed E-state index contributed by atoms with van der Waals surface area (Å²) in [5.41, 5.74) is 1.92. The van der Waals surface area contributed by atoms with Gasteiger partial charge >= 0.3 is 0 Å². The molecule has 0 aliphatic carbocycles. The van der Waals surface area contributed by atoms with E-state index in [1.54, 1.807) is 0 Å². The number of hydrogen-bond acceptors (Lipinski definition) is 7. The Bertz CT molecular complexity index is 696. The zero-order valence-corrected chi connectivity index (χ0v) is 19.3. The van der Waals surface area contributed by atoms with Crippen molar-refractivity contribution in [2.45, 2.75) is 25.0 Å². The molecular weight excluding hydrogens is 408 g/mol. The van der Waals surface area contributed by atoms with Crippen LogP contribution >= 0.6 is 0 Å². The second-order valence-electron chi connectivity index (χ2n) is 8.98. The number of morpholine rings is 1. The van der Waals surface area contributed by atoms with Crippen LogP contribution in [0.15, 0.2) is 24.3 Å². The summed E-state index contributed by atoms with van der Waals surface area (Å²) in [4.78, 5) is 19.6. The predicted molar refractivity (Wildman–Crippen MR) is 124 cm³/mol. The molecular formula is C24H38N4O4. The van der Waals surface area contributed by atoms with Crippen LogP contribution in [-0.2, 0) is 14.2 Å². The minimum Gasteiger partial charge on any atom is -0.379 e. The van der Waals surface area contributed by atoms with E-state index >= 15 is 0 Å². The fourth-order valence-corrected chi connectivity index (χ4v) is 4.76. The van der Waals surface area contributed by atoms with Crippen molar-refractivity contribution < 1.29 is 19.0 Å². The molecule has 3 fully saturated rings. The van der Waals surface area contributed by atoms with E-state index in [9.17, 15) is 4.79 Å². The summed E-state index contributed by atoms with van der Waals surface area (Å²) in [5, 5.41) is 3.04.